The molecule has 0 aromatic heterocycles. The molecule has 0 aliphatic heterocycles. The lowest BCUT2D eigenvalue weighted by atomic mass is 9.70. The molecule has 2 aromatic rings. The second kappa shape index (κ2) is 4.21. The fourth-order valence-corrected chi connectivity index (χ4v) is 3.65. The smallest absolute Gasteiger partial charge is 0.0181 e. The summed E-state index contributed by atoms with van der Waals surface area (Å²) in [6.45, 7) is 0. The Morgan fingerprint density at radius 3 is 2.21 bits per heavy atom. The number of hydrogen-bond donors (Lipinski definition) is 0. The summed E-state index contributed by atoms with van der Waals surface area (Å²) >= 11 is 3.60. The van der Waals surface area contributed by atoms with E-state index in [2.05, 4.69) is 82.7 Å². The third kappa shape index (κ3) is 1.65. The van der Waals surface area contributed by atoms with E-state index in [1.807, 2.05) is 0 Å². The van der Waals surface area contributed by atoms with E-state index >= 15 is 0 Å². The second-order valence-corrected chi connectivity index (χ2v) is 6.06. The highest BCUT2D eigenvalue weighted by Gasteiger charge is 2.31. The third-order valence-electron chi connectivity index (χ3n) is 4.12. The fourth-order valence-electron chi connectivity index (χ4n) is 3.29. The molecule has 0 amide bonds. The Kier molecular flexibility index (Phi) is 2.49. The van der Waals surface area contributed by atoms with Crippen molar-refractivity contribution in [2.24, 2.45) is 0 Å². The van der Waals surface area contributed by atoms with Crippen LogP contribution in [0, 0.1) is 0 Å². The van der Waals surface area contributed by atoms with Gasteiger partial charge in [0.25, 0.3) is 0 Å². The van der Waals surface area contributed by atoms with Crippen LogP contribution >= 0.6 is 15.9 Å². The Labute approximate surface area is 121 Å². The number of benzene rings is 2. The molecule has 2 aliphatic carbocycles. The molecule has 0 nitrogen and oxygen atoms in total. The molecule has 4 rings (SSSR count). The van der Waals surface area contributed by atoms with Crippen molar-refractivity contribution < 1.29 is 0 Å². The predicted octanol–water partition coefficient (Wildman–Crippen LogP) is 5.42. The molecule has 19 heavy (non-hydrogen) atoms. The van der Waals surface area contributed by atoms with Crippen molar-refractivity contribution in [3.05, 3.63) is 82.4 Å². The average molecular weight is 309 g/mol. The van der Waals surface area contributed by atoms with Crippen LogP contribution in [0.15, 0.2) is 71.2 Å². The summed E-state index contributed by atoms with van der Waals surface area (Å²) in [5, 5.41) is 0. The second-order valence-electron chi connectivity index (χ2n) is 5.14. The molecule has 0 N–H and O–H groups in total. The maximum Gasteiger partial charge on any atom is 0.0181 e. The summed E-state index contributed by atoms with van der Waals surface area (Å²) < 4.78 is 1.15. The van der Waals surface area contributed by atoms with Gasteiger partial charge in [-0.05, 0) is 34.4 Å². The zero-order valence-electron chi connectivity index (χ0n) is 10.4. The van der Waals surface area contributed by atoms with E-state index < -0.39 is 0 Å². The number of hydrogen-bond acceptors (Lipinski definition) is 0. The van der Waals surface area contributed by atoms with Gasteiger partial charge < -0.3 is 0 Å². The van der Waals surface area contributed by atoms with Crippen LogP contribution in [0.1, 0.15) is 23.0 Å². The van der Waals surface area contributed by atoms with E-state index in [0.29, 0.717) is 11.8 Å². The van der Waals surface area contributed by atoms with Crippen molar-refractivity contribution in [2.75, 3.05) is 0 Å². The van der Waals surface area contributed by atoms with Crippen LogP contribution in [-0.2, 0) is 0 Å². The first-order valence-corrected chi connectivity index (χ1v) is 7.37. The molecule has 0 spiro atoms. The van der Waals surface area contributed by atoms with Crippen LogP contribution in [0.2, 0.25) is 0 Å². The molecule has 0 fully saturated rings. The van der Waals surface area contributed by atoms with Gasteiger partial charge in [0.05, 0.1) is 0 Å². The van der Waals surface area contributed by atoms with Gasteiger partial charge in [-0.25, -0.2) is 0 Å². The summed E-state index contributed by atoms with van der Waals surface area (Å²) in [5.41, 5.74) is 5.62. The molecule has 0 bridgehead atoms. The molecule has 0 radical (unpaired) electrons. The Morgan fingerprint density at radius 1 is 0.737 bits per heavy atom. The van der Waals surface area contributed by atoms with Crippen molar-refractivity contribution in [2.45, 2.75) is 11.8 Å². The summed E-state index contributed by atoms with van der Waals surface area (Å²) in [7, 11) is 0. The summed E-state index contributed by atoms with van der Waals surface area (Å²) in [6, 6.07) is 15.4. The van der Waals surface area contributed by atoms with Gasteiger partial charge in [-0.3, -0.25) is 0 Å². The summed E-state index contributed by atoms with van der Waals surface area (Å²) in [5.74, 6) is 0.956. The van der Waals surface area contributed by atoms with Gasteiger partial charge in [-0.1, -0.05) is 70.6 Å². The van der Waals surface area contributed by atoms with Crippen LogP contribution in [0.4, 0.5) is 0 Å². The van der Waals surface area contributed by atoms with Crippen LogP contribution in [0.5, 0.6) is 0 Å². The van der Waals surface area contributed by atoms with Crippen molar-refractivity contribution in [1.29, 1.82) is 0 Å². The quantitative estimate of drug-likeness (QED) is 0.609. The summed E-state index contributed by atoms with van der Waals surface area (Å²) in [6.07, 6.45) is 8.99. The molecule has 2 aliphatic rings. The largest absolute Gasteiger partial charge is 0.0761 e. The van der Waals surface area contributed by atoms with Crippen molar-refractivity contribution in [3.8, 4) is 11.1 Å². The molecular formula is C18H13Br. The van der Waals surface area contributed by atoms with Crippen molar-refractivity contribution in [1.82, 2.24) is 0 Å². The normalized spacial score (nSPS) is 22.6. The minimum atomic E-state index is 0.475. The fraction of sp³-hybridized carbons (Fsp3) is 0.111. The van der Waals surface area contributed by atoms with Gasteiger partial charge in [-0.2, -0.15) is 0 Å². The first-order chi connectivity index (χ1) is 9.34. The van der Waals surface area contributed by atoms with E-state index in [1.165, 1.54) is 22.3 Å². The molecule has 2 aromatic carbocycles. The maximum absolute atomic E-state index is 3.60. The molecule has 2 atom stereocenters. The van der Waals surface area contributed by atoms with Crippen LogP contribution in [0.25, 0.3) is 11.1 Å². The molecule has 0 saturated carbocycles. The van der Waals surface area contributed by atoms with E-state index in [0.717, 1.165) is 4.47 Å². The SMILES string of the molecule is Brc1ccc2c(c1)-c1ccccc1C1C=CC=CC21. The number of rotatable bonds is 0. The van der Waals surface area contributed by atoms with E-state index in [4.69, 9.17) is 0 Å². The van der Waals surface area contributed by atoms with E-state index in [9.17, 15) is 0 Å². The molecule has 1 heteroatoms. The lowest BCUT2D eigenvalue weighted by molar-refractivity contribution is 0.720. The predicted molar refractivity (Wildman–Crippen MR) is 83.3 cm³/mol. The zero-order chi connectivity index (χ0) is 12.8. The minimum Gasteiger partial charge on any atom is -0.0761 e. The molecule has 0 saturated heterocycles. The van der Waals surface area contributed by atoms with Crippen molar-refractivity contribution in [3.63, 3.8) is 0 Å². The first-order valence-electron chi connectivity index (χ1n) is 6.58. The lowest BCUT2D eigenvalue weighted by Crippen LogP contribution is -2.16. The minimum absolute atomic E-state index is 0.475. The monoisotopic (exact) mass is 308 g/mol. The third-order valence-corrected chi connectivity index (χ3v) is 4.61. The Hall–Kier alpha value is -1.60. The van der Waals surface area contributed by atoms with Gasteiger partial charge in [0.2, 0.25) is 0 Å². The van der Waals surface area contributed by atoms with E-state index in [1.54, 1.807) is 0 Å². The lowest BCUT2D eigenvalue weighted by Gasteiger charge is -2.33. The van der Waals surface area contributed by atoms with Gasteiger partial charge in [-0.15, -0.1) is 0 Å². The van der Waals surface area contributed by atoms with E-state index in [-0.39, 0.29) is 0 Å². The average Bonchev–Trinajstić information content (AvgIpc) is 2.47. The standard InChI is InChI=1S/C18H13Br/c19-12-9-10-17-15-7-2-1-5-13(15)14-6-3-4-8-16(14)18(17)11-12/h1-11,13,15H. The van der Waals surface area contributed by atoms with Gasteiger partial charge in [0, 0.05) is 16.3 Å². The number of fused-ring (bicyclic) bond motifs is 6. The number of allylic oxidation sites excluding steroid dienone is 4. The highest BCUT2D eigenvalue weighted by Crippen LogP contribution is 2.49. The summed E-state index contributed by atoms with van der Waals surface area (Å²) in [4.78, 5) is 0. The van der Waals surface area contributed by atoms with Gasteiger partial charge in [0.1, 0.15) is 0 Å². The molecular weight excluding hydrogens is 296 g/mol. The molecule has 92 valence electrons. The Balaban J connectivity index is 2.05. The highest BCUT2D eigenvalue weighted by atomic mass is 79.9. The topological polar surface area (TPSA) is 0 Å². The molecule has 0 heterocycles. The van der Waals surface area contributed by atoms with Gasteiger partial charge in [0.15, 0.2) is 0 Å². The van der Waals surface area contributed by atoms with Gasteiger partial charge >= 0.3 is 0 Å². The van der Waals surface area contributed by atoms with Crippen LogP contribution in [-0.4, -0.2) is 0 Å². The molecule has 2 unspecified atom stereocenters. The number of halogens is 1. The zero-order valence-corrected chi connectivity index (χ0v) is 12.0. The van der Waals surface area contributed by atoms with Crippen LogP contribution in [0.3, 0.4) is 0 Å². The highest BCUT2D eigenvalue weighted by molar-refractivity contribution is 9.10. The Bertz CT molecular complexity index is 709. The Morgan fingerprint density at radius 2 is 1.42 bits per heavy atom. The van der Waals surface area contributed by atoms with Crippen LogP contribution < -0.4 is 0 Å². The first kappa shape index (κ1) is 11.2. The maximum atomic E-state index is 3.60. The van der Waals surface area contributed by atoms with Crippen molar-refractivity contribution >= 4 is 15.9 Å².